The van der Waals surface area contributed by atoms with E-state index in [1.807, 2.05) is 18.3 Å². The molecule has 0 saturated heterocycles. The van der Waals surface area contributed by atoms with Crippen molar-refractivity contribution in [3.05, 3.63) is 36.3 Å². The van der Waals surface area contributed by atoms with Gasteiger partial charge in [0.05, 0.1) is 4.91 Å². The van der Waals surface area contributed by atoms with Gasteiger partial charge in [-0.15, -0.1) is 3.82 Å². The van der Waals surface area contributed by atoms with Gasteiger partial charge in [-0.3, -0.25) is 4.98 Å². The lowest BCUT2D eigenvalue weighted by Crippen LogP contribution is -2.10. The number of nitrogens with one attached hydrogen (secondary N) is 1. The van der Waals surface area contributed by atoms with Gasteiger partial charge in [-0.05, 0) is 29.6 Å². The van der Waals surface area contributed by atoms with Crippen molar-refractivity contribution in [1.29, 1.82) is 0 Å². The molecular weight excluding hydrogens is 190 g/mol. The van der Waals surface area contributed by atoms with E-state index in [4.69, 9.17) is 0 Å². The zero-order chi connectivity index (χ0) is 8.39. The van der Waals surface area contributed by atoms with Gasteiger partial charge in [0, 0.05) is 18.6 Å². The minimum absolute atomic E-state index is 1.15. The van der Waals surface area contributed by atoms with Crippen molar-refractivity contribution in [3.8, 4) is 0 Å². The highest BCUT2D eigenvalue weighted by Crippen LogP contribution is 2.33. The van der Waals surface area contributed by atoms with Crippen LogP contribution in [0.3, 0.4) is 0 Å². The van der Waals surface area contributed by atoms with Crippen LogP contribution in [-0.2, 0) is 0 Å². The summed E-state index contributed by atoms with van der Waals surface area (Å²) in [6.07, 6.45) is 5.46. The maximum absolute atomic E-state index is 4.12. The fourth-order valence-electron chi connectivity index (χ4n) is 0.912. The molecule has 0 fully saturated rings. The fraction of sp³-hybridized carbons (Fsp3) is 0. The van der Waals surface area contributed by atoms with E-state index < -0.39 is 0 Å². The number of hydrogen-bond donors (Lipinski definition) is 2. The van der Waals surface area contributed by atoms with E-state index in [1.165, 1.54) is 11.9 Å². The molecule has 0 spiro atoms. The highest BCUT2D eigenvalue weighted by atomic mass is 32.2. The van der Waals surface area contributed by atoms with Crippen LogP contribution < -0.4 is 5.43 Å². The van der Waals surface area contributed by atoms with Gasteiger partial charge in [0.15, 0.2) is 0 Å². The van der Waals surface area contributed by atoms with Crippen LogP contribution in [0.4, 0.5) is 0 Å². The molecule has 12 heavy (non-hydrogen) atoms. The summed E-state index contributed by atoms with van der Waals surface area (Å²) >= 11 is 5.66. The normalized spacial score (nSPS) is 17.2. The standard InChI is InChI=1S/C7H7N3S2/c11-10-9-5-7(12-10)6-1-3-8-4-2-6/h1-5,9,11H. The summed E-state index contributed by atoms with van der Waals surface area (Å²) in [5.74, 6) is 0. The van der Waals surface area contributed by atoms with Gasteiger partial charge in [0.25, 0.3) is 0 Å². The molecule has 1 aromatic rings. The molecule has 0 saturated carbocycles. The third kappa shape index (κ3) is 1.57. The average Bonchev–Trinajstić information content (AvgIpc) is 2.54. The van der Waals surface area contributed by atoms with Gasteiger partial charge in [-0.1, -0.05) is 12.8 Å². The molecule has 0 aliphatic carbocycles. The lowest BCUT2D eigenvalue weighted by Gasteiger charge is -2.03. The molecule has 1 aromatic heterocycles. The van der Waals surface area contributed by atoms with Crippen molar-refractivity contribution in [3.63, 3.8) is 0 Å². The van der Waals surface area contributed by atoms with Crippen LogP contribution in [-0.4, -0.2) is 8.80 Å². The predicted molar refractivity (Wildman–Crippen MR) is 53.8 cm³/mol. The quantitative estimate of drug-likeness (QED) is 0.529. The molecule has 3 nitrogen and oxygen atoms in total. The second-order valence-electron chi connectivity index (χ2n) is 2.24. The molecule has 0 unspecified atom stereocenters. The van der Waals surface area contributed by atoms with Crippen molar-refractivity contribution in [2.45, 2.75) is 0 Å². The maximum Gasteiger partial charge on any atom is 0.0502 e. The number of aromatic nitrogens is 1. The fourth-order valence-corrected chi connectivity index (χ4v) is 1.87. The van der Waals surface area contributed by atoms with E-state index >= 15 is 0 Å². The zero-order valence-corrected chi connectivity index (χ0v) is 7.85. The molecule has 1 N–H and O–H groups in total. The summed E-state index contributed by atoms with van der Waals surface area (Å²) < 4.78 is 1.65. The second-order valence-corrected chi connectivity index (χ2v) is 3.90. The van der Waals surface area contributed by atoms with Gasteiger partial charge in [0.1, 0.15) is 0 Å². The molecule has 5 heteroatoms. The van der Waals surface area contributed by atoms with Crippen molar-refractivity contribution < 1.29 is 0 Å². The van der Waals surface area contributed by atoms with E-state index in [0.717, 1.165) is 10.5 Å². The first-order valence-corrected chi connectivity index (χ1v) is 4.57. The number of hydrazine groups is 1. The van der Waals surface area contributed by atoms with Crippen LogP contribution in [0.2, 0.25) is 0 Å². The number of hydrogen-bond acceptors (Lipinski definition) is 5. The van der Waals surface area contributed by atoms with Crippen LogP contribution in [0, 0.1) is 0 Å². The summed E-state index contributed by atoms with van der Waals surface area (Å²) in [5, 5.41) is 0. The predicted octanol–water partition coefficient (Wildman–Crippen LogP) is 1.69. The molecule has 0 amide bonds. The molecule has 0 atom stereocenters. The summed E-state index contributed by atoms with van der Waals surface area (Å²) in [7, 11) is 0. The smallest absolute Gasteiger partial charge is 0.0502 e. The summed E-state index contributed by atoms with van der Waals surface area (Å²) in [6, 6.07) is 3.93. The minimum atomic E-state index is 1.15. The molecule has 0 aromatic carbocycles. The first-order chi connectivity index (χ1) is 5.86. The van der Waals surface area contributed by atoms with Gasteiger partial charge < -0.3 is 5.43 Å². The van der Waals surface area contributed by atoms with Crippen LogP contribution in [0.15, 0.2) is 30.7 Å². The Balaban J connectivity index is 2.22. The van der Waals surface area contributed by atoms with Crippen molar-refractivity contribution in [1.82, 2.24) is 14.2 Å². The van der Waals surface area contributed by atoms with Crippen molar-refractivity contribution in [2.75, 3.05) is 0 Å². The lowest BCUT2D eigenvalue weighted by atomic mass is 10.3. The molecule has 0 bridgehead atoms. The zero-order valence-electron chi connectivity index (χ0n) is 6.14. The van der Waals surface area contributed by atoms with Gasteiger partial charge in [0.2, 0.25) is 0 Å². The van der Waals surface area contributed by atoms with Crippen LogP contribution >= 0.6 is 24.8 Å². The van der Waals surface area contributed by atoms with Gasteiger partial charge in [-0.2, -0.15) is 0 Å². The Morgan fingerprint density at radius 3 is 2.75 bits per heavy atom. The van der Waals surface area contributed by atoms with Gasteiger partial charge in [-0.25, -0.2) is 0 Å². The van der Waals surface area contributed by atoms with Crippen LogP contribution in [0.25, 0.3) is 4.91 Å². The Kier molecular flexibility index (Phi) is 2.25. The van der Waals surface area contributed by atoms with Gasteiger partial charge >= 0.3 is 0 Å². The lowest BCUT2D eigenvalue weighted by molar-refractivity contribution is 0.676. The molecule has 1 aliphatic heterocycles. The average molecular weight is 197 g/mol. The largest absolute Gasteiger partial charge is 0.306 e. The summed E-state index contributed by atoms with van der Waals surface area (Å²) in [5.41, 5.74) is 4.10. The van der Waals surface area contributed by atoms with E-state index in [0.29, 0.717) is 0 Å². The molecule has 2 heterocycles. The summed E-state index contributed by atoms with van der Waals surface area (Å²) in [6.45, 7) is 0. The number of thiol groups is 1. The minimum Gasteiger partial charge on any atom is -0.306 e. The molecule has 0 radical (unpaired) electrons. The van der Waals surface area contributed by atoms with E-state index in [2.05, 4.69) is 23.2 Å². The summed E-state index contributed by atoms with van der Waals surface area (Å²) in [4.78, 5) is 5.09. The monoisotopic (exact) mass is 197 g/mol. The number of nitrogens with zero attached hydrogens (tertiary/aromatic N) is 2. The number of pyridine rings is 1. The Bertz CT molecular complexity index is 299. The Hall–Kier alpha value is -0.650. The van der Waals surface area contributed by atoms with E-state index in [-0.39, 0.29) is 0 Å². The highest BCUT2D eigenvalue weighted by Gasteiger charge is 2.12. The maximum atomic E-state index is 4.12. The molecule has 1 aliphatic rings. The van der Waals surface area contributed by atoms with E-state index in [1.54, 1.807) is 16.2 Å². The topological polar surface area (TPSA) is 28.2 Å². The third-order valence-electron chi connectivity index (χ3n) is 1.46. The first-order valence-electron chi connectivity index (χ1n) is 3.40. The Morgan fingerprint density at radius 1 is 1.42 bits per heavy atom. The van der Waals surface area contributed by atoms with Crippen molar-refractivity contribution >= 4 is 29.7 Å². The third-order valence-corrected chi connectivity index (χ3v) is 2.64. The van der Waals surface area contributed by atoms with Crippen LogP contribution in [0.1, 0.15) is 5.56 Å². The van der Waals surface area contributed by atoms with Crippen molar-refractivity contribution in [2.24, 2.45) is 0 Å². The first kappa shape index (κ1) is 7.97. The Labute approximate surface area is 80.5 Å². The molecular formula is C7H7N3S2. The SMILES string of the molecule is SN1NC=C(c2ccncc2)S1. The highest BCUT2D eigenvalue weighted by molar-refractivity contribution is 8.12. The van der Waals surface area contributed by atoms with Crippen LogP contribution in [0.5, 0.6) is 0 Å². The molecule has 62 valence electrons. The van der Waals surface area contributed by atoms with E-state index in [9.17, 15) is 0 Å². The molecule has 2 rings (SSSR count). The Morgan fingerprint density at radius 2 is 2.17 bits per heavy atom. The number of rotatable bonds is 1. The second kappa shape index (κ2) is 3.38.